The lowest BCUT2D eigenvalue weighted by atomic mass is 10.2. The van der Waals surface area contributed by atoms with Crippen LogP contribution >= 0.6 is 0 Å². The summed E-state index contributed by atoms with van der Waals surface area (Å²) in [6, 6.07) is 7.83. The number of nitrogens with zero attached hydrogens (tertiary/aromatic N) is 3. The number of terminal acetylenes is 1. The van der Waals surface area contributed by atoms with Gasteiger partial charge in [-0.1, -0.05) is 12.0 Å². The third kappa shape index (κ3) is 2.89. The van der Waals surface area contributed by atoms with E-state index in [1.807, 2.05) is 56.5 Å². The highest BCUT2D eigenvalue weighted by Crippen LogP contribution is 2.14. The molecule has 0 bridgehead atoms. The summed E-state index contributed by atoms with van der Waals surface area (Å²) in [5.41, 5.74) is 3.02. The number of imidazole rings is 1. The van der Waals surface area contributed by atoms with E-state index in [9.17, 15) is 0 Å². The van der Waals surface area contributed by atoms with Crippen molar-refractivity contribution in [2.24, 2.45) is 7.05 Å². The number of aromatic nitrogens is 2. The van der Waals surface area contributed by atoms with Crippen LogP contribution in [0, 0.1) is 12.3 Å². The van der Waals surface area contributed by atoms with Crippen molar-refractivity contribution in [1.29, 1.82) is 0 Å². The molecule has 98 valence electrons. The maximum absolute atomic E-state index is 5.39. The summed E-state index contributed by atoms with van der Waals surface area (Å²) in [6.07, 6.45) is 7.27. The molecule has 0 radical (unpaired) electrons. The molecule has 0 amide bonds. The third-order valence-electron chi connectivity index (χ3n) is 2.96. The van der Waals surface area contributed by atoms with Crippen LogP contribution in [-0.4, -0.2) is 23.6 Å². The predicted octanol–water partition coefficient (Wildman–Crippen LogP) is 2.08. The average molecular weight is 254 g/mol. The number of anilines is 2. The summed E-state index contributed by atoms with van der Waals surface area (Å²) in [6.45, 7) is 0.714. The van der Waals surface area contributed by atoms with Gasteiger partial charge in [0.25, 0.3) is 0 Å². The van der Waals surface area contributed by atoms with E-state index in [1.165, 1.54) is 0 Å². The van der Waals surface area contributed by atoms with Crippen LogP contribution in [0.3, 0.4) is 0 Å². The molecule has 4 heteroatoms. The molecule has 0 atom stereocenters. The van der Waals surface area contributed by atoms with Gasteiger partial charge < -0.3 is 14.8 Å². The first-order valence-corrected chi connectivity index (χ1v) is 6.10. The molecule has 0 aliphatic heterocycles. The summed E-state index contributed by atoms with van der Waals surface area (Å²) in [5, 5.41) is 3.35. The second-order valence-electron chi connectivity index (χ2n) is 4.58. The van der Waals surface area contributed by atoms with Crippen molar-refractivity contribution in [1.82, 2.24) is 9.55 Å². The monoisotopic (exact) mass is 254 g/mol. The number of benzene rings is 1. The minimum Gasteiger partial charge on any atom is -0.379 e. The van der Waals surface area contributed by atoms with Gasteiger partial charge in [-0.15, -0.1) is 6.42 Å². The fraction of sp³-hybridized carbons (Fsp3) is 0.267. The molecule has 0 saturated heterocycles. The van der Waals surface area contributed by atoms with E-state index in [0.717, 1.165) is 22.9 Å². The van der Waals surface area contributed by atoms with Crippen LogP contribution < -0.4 is 10.2 Å². The van der Waals surface area contributed by atoms with Gasteiger partial charge in [-0.2, -0.15) is 0 Å². The highest BCUT2D eigenvalue weighted by atomic mass is 15.3. The molecule has 0 fully saturated rings. The molecule has 0 spiro atoms. The standard InChI is InChI=1S/C15H18N4/c1-5-12-7-6-8-13(9-12)16-10-14-11-17-15(18(2)3)19(14)4/h1,6-9,11,16H,10H2,2-4H3. The highest BCUT2D eigenvalue weighted by Gasteiger charge is 2.07. The zero-order chi connectivity index (χ0) is 13.8. The van der Waals surface area contributed by atoms with E-state index in [2.05, 4.69) is 20.8 Å². The normalized spacial score (nSPS) is 10.0. The van der Waals surface area contributed by atoms with Crippen molar-refractivity contribution in [2.75, 3.05) is 24.3 Å². The third-order valence-corrected chi connectivity index (χ3v) is 2.96. The van der Waals surface area contributed by atoms with Crippen LogP contribution in [0.2, 0.25) is 0 Å². The van der Waals surface area contributed by atoms with Gasteiger partial charge in [-0.25, -0.2) is 4.98 Å². The van der Waals surface area contributed by atoms with Crippen molar-refractivity contribution in [3.05, 3.63) is 41.7 Å². The van der Waals surface area contributed by atoms with Gasteiger partial charge in [-0.3, -0.25) is 0 Å². The van der Waals surface area contributed by atoms with Crippen LogP contribution in [0.15, 0.2) is 30.5 Å². The molecule has 0 saturated carbocycles. The number of rotatable bonds is 4. The molecule has 1 heterocycles. The maximum atomic E-state index is 5.39. The van der Waals surface area contributed by atoms with Crippen molar-refractivity contribution in [3.8, 4) is 12.3 Å². The van der Waals surface area contributed by atoms with Crippen LogP contribution in [-0.2, 0) is 13.6 Å². The fourth-order valence-electron chi connectivity index (χ4n) is 1.93. The van der Waals surface area contributed by atoms with Gasteiger partial charge in [0.1, 0.15) is 0 Å². The summed E-state index contributed by atoms with van der Waals surface area (Å²) < 4.78 is 2.07. The molecule has 2 rings (SSSR count). The first-order valence-electron chi connectivity index (χ1n) is 6.10. The summed E-state index contributed by atoms with van der Waals surface area (Å²) >= 11 is 0. The van der Waals surface area contributed by atoms with E-state index in [1.54, 1.807) is 0 Å². The Labute approximate surface area is 114 Å². The van der Waals surface area contributed by atoms with Crippen molar-refractivity contribution < 1.29 is 0 Å². The molecule has 0 aliphatic carbocycles. The largest absolute Gasteiger partial charge is 0.379 e. The highest BCUT2D eigenvalue weighted by molar-refractivity contribution is 5.50. The van der Waals surface area contributed by atoms with Gasteiger partial charge in [0.2, 0.25) is 5.95 Å². The van der Waals surface area contributed by atoms with Gasteiger partial charge in [0.05, 0.1) is 18.4 Å². The maximum Gasteiger partial charge on any atom is 0.204 e. The zero-order valence-corrected chi connectivity index (χ0v) is 11.5. The van der Waals surface area contributed by atoms with Crippen LogP contribution in [0.1, 0.15) is 11.3 Å². The lowest BCUT2D eigenvalue weighted by Gasteiger charge is -2.13. The van der Waals surface area contributed by atoms with E-state index in [-0.39, 0.29) is 0 Å². The van der Waals surface area contributed by atoms with E-state index >= 15 is 0 Å². The van der Waals surface area contributed by atoms with Gasteiger partial charge in [0, 0.05) is 32.4 Å². The van der Waals surface area contributed by atoms with Crippen LogP contribution in [0.4, 0.5) is 11.6 Å². The quantitative estimate of drug-likeness (QED) is 0.848. The smallest absolute Gasteiger partial charge is 0.204 e. The Morgan fingerprint density at radius 1 is 1.42 bits per heavy atom. The molecular formula is C15H18N4. The number of hydrogen-bond donors (Lipinski definition) is 1. The van der Waals surface area contributed by atoms with E-state index < -0.39 is 0 Å². The summed E-state index contributed by atoms with van der Waals surface area (Å²) in [7, 11) is 5.98. The van der Waals surface area contributed by atoms with Crippen LogP contribution in [0.5, 0.6) is 0 Å². The number of hydrogen-bond acceptors (Lipinski definition) is 3. The predicted molar refractivity (Wildman–Crippen MR) is 79.2 cm³/mol. The Bertz CT molecular complexity index is 605. The molecule has 4 nitrogen and oxygen atoms in total. The number of nitrogens with one attached hydrogen (secondary N) is 1. The Morgan fingerprint density at radius 2 is 2.21 bits per heavy atom. The summed E-state index contributed by atoms with van der Waals surface area (Å²) in [5.74, 6) is 3.57. The minimum absolute atomic E-state index is 0.714. The lowest BCUT2D eigenvalue weighted by Crippen LogP contribution is -2.15. The topological polar surface area (TPSA) is 33.1 Å². The molecule has 0 unspecified atom stereocenters. The van der Waals surface area contributed by atoms with Gasteiger partial charge in [-0.05, 0) is 18.2 Å². The average Bonchev–Trinajstić information content (AvgIpc) is 2.78. The van der Waals surface area contributed by atoms with Crippen molar-refractivity contribution >= 4 is 11.6 Å². The molecule has 2 aromatic rings. The summed E-state index contributed by atoms with van der Waals surface area (Å²) in [4.78, 5) is 6.37. The molecule has 1 aromatic carbocycles. The van der Waals surface area contributed by atoms with Gasteiger partial charge >= 0.3 is 0 Å². The zero-order valence-electron chi connectivity index (χ0n) is 11.5. The SMILES string of the molecule is C#Cc1cccc(NCc2cnc(N(C)C)n2C)c1. The molecule has 19 heavy (non-hydrogen) atoms. The molecular weight excluding hydrogens is 236 g/mol. The van der Waals surface area contributed by atoms with Crippen molar-refractivity contribution in [3.63, 3.8) is 0 Å². The lowest BCUT2D eigenvalue weighted by molar-refractivity contribution is 0.814. The fourth-order valence-corrected chi connectivity index (χ4v) is 1.93. The molecule has 0 aliphatic rings. The Kier molecular flexibility index (Phi) is 3.76. The van der Waals surface area contributed by atoms with Gasteiger partial charge in [0.15, 0.2) is 0 Å². The Morgan fingerprint density at radius 3 is 2.84 bits per heavy atom. The Hall–Kier alpha value is -2.41. The van der Waals surface area contributed by atoms with Crippen molar-refractivity contribution in [2.45, 2.75) is 6.54 Å². The minimum atomic E-state index is 0.714. The first kappa shape index (κ1) is 13.0. The molecule has 1 aromatic heterocycles. The Balaban J connectivity index is 2.08. The molecule has 1 N–H and O–H groups in total. The van der Waals surface area contributed by atoms with E-state index in [4.69, 9.17) is 6.42 Å². The first-order chi connectivity index (χ1) is 9.11. The second-order valence-corrected chi connectivity index (χ2v) is 4.58. The second kappa shape index (κ2) is 5.49. The van der Waals surface area contributed by atoms with Crippen LogP contribution in [0.25, 0.3) is 0 Å². The van der Waals surface area contributed by atoms with E-state index in [0.29, 0.717) is 6.54 Å².